The largest absolute Gasteiger partial charge is 0.477 e. The molecule has 0 radical (unpaired) electrons. The summed E-state index contributed by atoms with van der Waals surface area (Å²) in [7, 11) is 1.55. The van der Waals surface area contributed by atoms with E-state index in [4.69, 9.17) is 9.84 Å². The predicted octanol–water partition coefficient (Wildman–Crippen LogP) is 2.18. The Labute approximate surface area is 121 Å². The lowest BCUT2D eigenvalue weighted by Gasteiger charge is -2.09. The molecule has 0 spiro atoms. The summed E-state index contributed by atoms with van der Waals surface area (Å²) < 4.78 is 5.05. The lowest BCUT2D eigenvalue weighted by atomic mass is 10.1. The van der Waals surface area contributed by atoms with Crippen molar-refractivity contribution in [1.82, 2.24) is 4.98 Å². The summed E-state index contributed by atoms with van der Waals surface area (Å²) in [5.74, 6) is -1.32. The quantitative estimate of drug-likeness (QED) is 0.879. The van der Waals surface area contributed by atoms with Gasteiger partial charge in [0.1, 0.15) is 5.82 Å². The van der Waals surface area contributed by atoms with Crippen LogP contribution in [0.25, 0.3) is 0 Å². The monoisotopic (exact) mass is 286 g/mol. The lowest BCUT2D eigenvalue weighted by Crippen LogP contribution is -2.16. The van der Waals surface area contributed by atoms with Crippen molar-refractivity contribution in [3.05, 3.63) is 59.3 Å². The molecule has 2 N–H and O–H groups in total. The summed E-state index contributed by atoms with van der Waals surface area (Å²) in [6.45, 7) is 0.312. The number of pyridine rings is 1. The molecule has 1 aromatic carbocycles. The standard InChI is InChI=1S/C15H14N2O4/c1-21-9-10-5-2-3-6-11(10)14(18)17-13-8-4-7-12(16-13)15(19)20/h2-8H,9H2,1H3,(H,19,20)(H,16,17,18). The van der Waals surface area contributed by atoms with Crippen LogP contribution in [-0.4, -0.2) is 29.1 Å². The van der Waals surface area contributed by atoms with Crippen molar-refractivity contribution in [2.24, 2.45) is 0 Å². The first-order valence-corrected chi connectivity index (χ1v) is 6.20. The molecule has 0 saturated heterocycles. The molecule has 0 bridgehead atoms. The molecule has 1 aromatic heterocycles. The minimum Gasteiger partial charge on any atom is -0.477 e. The number of aromatic carboxylic acids is 1. The second kappa shape index (κ2) is 6.62. The summed E-state index contributed by atoms with van der Waals surface area (Å²) in [5.41, 5.74) is 1.08. The SMILES string of the molecule is COCc1ccccc1C(=O)Nc1cccc(C(=O)O)n1. The number of carboxylic acid groups (broad SMARTS) is 1. The molecular formula is C15H14N2O4. The fourth-order valence-corrected chi connectivity index (χ4v) is 1.83. The number of hydrogen-bond donors (Lipinski definition) is 2. The molecule has 108 valence electrons. The lowest BCUT2D eigenvalue weighted by molar-refractivity contribution is 0.0690. The van der Waals surface area contributed by atoms with E-state index in [2.05, 4.69) is 10.3 Å². The average Bonchev–Trinajstić information content (AvgIpc) is 2.48. The van der Waals surface area contributed by atoms with Crippen molar-refractivity contribution >= 4 is 17.7 Å². The Morgan fingerprint density at radius 3 is 2.67 bits per heavy atom. The average molecular weight is 286 g/mol. The molecule has 0 fully saturated rings. The molecular weight excluding hydrogens is 272 g/mol. The Morgan fingerprint density at radius 1 is 1.19 bits per heavy atom. The molecule has 0 aliphatic heterocycles. The number of nitrogens with zero attached hydrogens (tertiary/aromatic N) is 1. The number of aromatic nitrogens is 1. The van der Waals surface area contributed by atoms with Gasteiger partial charge in [0.15, 0.2) is 5.69 Å². The van der Waals surface area contributed by atoms with Crippen LogP contribution in [0.2, 0.25) is 0 Å². The van der Waals surface area contributed by atoms with Crippen molar-refractivity contribution in [1.29, 1.82) is 0 Å². The van der Waals surface area contributed by atoms with Gasteiger partial charge in [-0.1, -0.05) is 24.3 Å². The number of hydrogen-bond acceptors (Lipinski definition) is 4. The maximum Gasteiger partial charge on any atom is 0.354 e. The summed E-state index contributed by atoms with van der Waals surface area (Å²) >= 11 is 0. The molecule has 21 heavy (non-hydrogen) atoms. The summed E-state index contributed by atoms with van der Waals surface area (Å²) in [4.78, 5) is 26.9. The van der Waals surface area contributed by atoms with Gasteiger partial charge in [-0.2, -0.15) is 0 Å². The maximum atomic E-state index is 12.2. The van der Waals surface area contributed by atoms with Gasteiger partial charge in [-0.15, -0.1) is 0 Å². The van der Waals surface area contributed by atoms with Crippen LogP contribution in [0.5, 0.6) is 0 Å². The van der Waals surface area contributed by atoms with Gasteiger partial charge >= 0.3 is 5.97 Å². The van der Waals surface area contributed by atoms with Crippen LogP contribution in [0.3, 0.4) is 0 Å². The summed E-state index contributed by atoms with van der Waals surface area (Å²) in [6, 6.07) is 11.4. The van der Waals surface area contributed by atoms with Crippen LogP contribution in [-0.2, 0) is 11.3 Å². The number of amides is 1. The van der Waals surface area contributed by atoms with Crippen LogP contribution in [0.4, 0.5) is 5.82 Å². The van der Waals surface area contributed by atoms with E-state index in [1.54, 1.807) is 25.3 Å². The van der Waals surface area contributed by atoms with Crippen LogP contribution in [0.15, 0.2) is 42.5 Å². The smallest absolute Gasteiger partial charge is 0.354 e. The highest BCUT2D eigenvalue weighted by molar-refractivity contribution is 6.05. The van der Waals surface area contributed by atoms with Crippen LogP contribution >= 0.6 is 0 Å². The highest BCUT2D eigenvalue weighted by Crippen LogP contribution is 2.13. The van der Waals surface area contributed by atoms with Gasteiger partial charge < -0.3 is 15.2 Å². The first kappa shape index (κ1) is 14.7. The van der Waals surface area contributed by atoms with Crippen molar-refractivity contribution in [3.63, 3.8) is 0 Å². The van der Waals surface area contributed by atoms with E-state index in [0.717, 1.165) is 5.56 Å². The second-order valence-corrected chi connectivity index (χ2v) is 4.26. The van der Waals surface area contributed by atoms with Gasteiger partial charge in [-0.25, -0.2) is 9.78 Å². The number of anilines is 1. The number of ether oxygens (including phenoxy) is 1. The minimum absolute atomic E-state index is 0.127. The van der Waals surface area contributed by atoms with E-state index in [-0.39, 0.29) is 17.4 Å². The Kier molecular flexibility index (Phi) is 4.63. The minimum atomic E-state index is -1.15. The van der Waals surface area contributed by atoms with Crippen LogP contribution in [0.1, 0.15) is 26.4 Å². The number of rotatable bonds is 5. The van der Waals surface area contributed by atoms with Crippen molar-refractivity contribution < 1.29 is 19.4 Å². The zero-order valence-corrected chi connectivity index (χ0v) is 11.4. The molecule has 0 saturated carbocycles. The molecule has 0 aliphatic carbocycles. The predicted molar refractivity (Wildman–Crippen MR) is 76.3 cm³/mol. The highest BCUT2D eigenvalue weighted by atomic mass is 16.5. The normalized spacial score (nSPS) is 10.1. The second-order valence-electron chi connectivity index (χ2n) is 4.26. The fourth-order valence-electron chi connectivity index (χ4n) is 1.83. The van der Waals surface area contributed by atoms with E-state index < -0.39 is 5.97 Å². The van der Waals surface area contributed by atoms with E-state index in [0.29, 0.717) is 12.2 Å². The van der Waals surface area contributed by atoms with Gasteiger partial charge in [0.2, 0.25) is 0 Å². The Hall–Kier alpha value is -2.73. The highest BCUT2D eigenvalue weighted by Gasteiger charge is 2.12. The van der Waals surface area contributed by atoms with Crippen LogP contribution in [0, 0.1) is 0 Å². The zero-order valence-electron chi connectivity index (χ0n) is 11.4. The molecule has 1 amide bonds. The Morgan fingerprint density at radius 2 is 1.95 bits per heavy atom. The number of carbonyl (C=O) groups is 2. The number of benzene rings is 1. The Bertz CT molecular complexity index is 670. The molecule has 2 aromatic rings. The third-order valence-corrected chi connectivity index (χ3v) is 2.77. The first-order chi connectivity index (χ1) is 10.1. The van der Waals surface area contributed by atoms with Gasteiger partial charge in [0.25, 0.3) is 5.91 Å². The van der Waals surface area contributed by atoms with E-state index in [1.165, 1.54) is 18.2 Å². The van der Waals surface area contributed by atoms with Crippen molar-refractivity contribution in [2.45, 2.75) is 6.61 Å². The molecule has 0 atom stereocenters. The number of carbonyl (C=O) groups excluding carboxylic acids is 1. The van der Waals surface area contributed by atoms with Gasteiger partial charge in [-0.3, -0.25) is 4.79 Å². The Balaban J connectivity index is 2.22. The van der Waals surface area contributed by atoms with Crippen molar-refractivity contribution in [2.75, 3.05) is 12.4 Å². The zero-order chi connectivity index (χ0) is 15.2. The molecule has 1 heterocycles. The number of nitrogens with one attached hydrogen (secondary N) is 1. The van der Waals surface area contributed by atoms with E-state index in [9.17, 15) is 9.59 Å². The van der Waals surface area contributed by atoms with Gasteiger partial charge in [-0.05, 0) is 23.8 Å². The fraction of sp³-hybridized carbons (Fsp3) is 0.133. The van der Waals surface area contributed by atoms with Crippen LogP contribution < -0.4 is 5.32 Å². The summed E-state index contributed by atoms with van der Waals surface area (Å²) in [5, 5.41) is 11.5. The topological polar surface area (TPSA) is 88.5 Å². The third kappa shape index (κ3) is 3.64. The van der Waals surface area contributed by atoms with E-state index >= 15 is 0 Å². The van der Waals surface area contributed by atoms with Gasteiger partial charge in [0, 0.05) is 12.7 Å². The number of carboxylic acids is 1. The molecule has 0 aliphatic rings. The van der Waals surface area contributed by atoms with Crippen molar-refractivity contribution in [3.8, 4) is 0 Å². The van der Waals surface area contributed by atoms with E-state index in [1.807, 2.05) is 6.07 Å². The van der Waals surface area contributed by atoms with Gasteiger partial charge in [0.05, 0.1) is 6.61 Å². The third-order valence-electron chi connectivity index (χ3n) is 2.77. The molecule has 2 rings (SSSR count). The molecule has 0 unspecified atom stereocenters. The molecule has 6 nitrogen and oxygen atoms in total. The summed E-state index contributed by atoms with van der Waals surface area (Å²) in [6.07, 6.45) is 0. The first-order valence-electron chi connectivity index (χ1n) is 6.20. The molecule has 6 heteroatoms. The maximum absolute atomic E-state index is 12.2. The number of methoxy groups -OCH3 is 1.